The number of aromatic nitrogens is 4. The molecule has 27 heavy (non-hydrogen) atoms. The van der Waals surface area contributed by atoms with Crippen molar-refractivity contribution in [2.75, 3.05) is 18.4 Å². The van der Waals surface area contributed by atoms with Crippen LogP contribution in [-0.4, -0.2) is 49.9 Å². The predicted molar refractivity (Wildman–Crippen MR) is 104 cm³/mol. The molecule has 7 nitrogen and oxygen atoms in total. The van der Waals surface area contributed by atoms with Gasteiger partial charge in [0.25, 0.3) is 0 Å². The number of allylic oxidation sites excluding steroid dienone is 2. The van der Waals surface area contributed by atoms with Gasteiger partial charge < -0.3 is 5.32 Å². The van der Waals surface area contributed by atoms with Crippen molar-refractivity contribution in [3.63, 3.8) is 0 Å². The van der Waals surface area contributed by atoms with Crippen LogP contribution >= 0.6 is 11.3 Å². The first-order valence-corrected chi connectivity index (χ1v) is 10.7. The van der Waals surface area contributed by atoms with Crippen LogP contribution in [0.3, 0.4) is 0 Å². The minimum Gasteiger partial charge on any atom is -0.302 e. The molecule has 6 rings (SSSR count). The highest BCUT2D eigenvalue weighted by Crippen LogP contribution is 2.37. The number of hydrogen-bond acceptors (Lipinski definition) is 6. The number of anilines is 1. The monoisotopic (exact) mass is 384 g/mol. The fraction of sp³-hybridized carbons (Fsp3) is 0.579. The van der Waals surface area contributed by atoms with E-state index in [1.165, 1.54) is 23.3 Å². The van der Waals surface area contributed by atoms with E-state index in [4.69, 9.17) is 0 Å². The van der Waals surface area contributed by atoms with Gasteiger partial charge in [0.15, 0.2) is 5.13 Å². The fourth-order valence-corrected chi connectivity index (χ4v) is 5.29. The Bertz CT molecular complexity index is 844. The van der Waals surface area contributed by atoms with Gasteiger partial charge in [0.1, 0.15) is 5.69 Å². The van der Waals surface area contributed by atoms with Gasteiger partial charge in [-0.05, 0) is 50.1 Å². The minimum absolute atomic E-state index is 0.0638. The standard InChI is InChI=1S/C19H24N6OS/c26-18(21-19-20-6-8-27-19)16-11-24-7-5-14(16)9-15(24)10-25-12-17(22-23-25)13-3-1-2-4-13/h3,6,8,12,14-16H,1-2,4-5,7,9-11H2,(H,20,21,26)/t14-,15-,16+/m1/s1. The van der Waals surface area contributed by atoms with Crippen molar-refractivity contribution in [1.29, 1.82) is 0 Å². The summed E-state index contributed by atoms with van der Waals surface area (Å²) < 4.78 is 1.99. The molecule has 0 spiro atoms. The van der Waals surface area contributed by atoms with E-state index in [1.54, 1.807) is 6.20 Å². The van der Waals surface area contributed by atoms with Crippen molar-refractivity contribution in [2.24, 2.45) is 11.8 Å². The lowest BCUT2D eigenvalue weighted by atomic mass is 9.75. The zero-order valence-electron chi connectivity index (χ0n) is 15.3. The Kier molecular flexibility index (Phi) is 4.53. The number of hydrogen-bond donors (Lipinski definition) is 1. The van der Waals surface area contributed by atoms with E-state index in [-0.39, 0.29) is 11.8 Å². The summed E-state index contributed by atoms with van der Waals surface area (Å²) in [4.78, 5) is 19.3. The van der Waals surface area contributed by atoms with Crippen LogP contribution in [0.25, 0.3) is 5.57 Å². The van der Waals surface area contributed by atoms with E-state index >= 15 is 0 Å². The van der Waals surface area contributed by atoms with Crippen molar-refractivity contribution in [3.05, 3.63) is 29.5 Å². The number of carbonyl (C=O) groups excluding carboxylic acids is 1. The van der Waals surface area contributed by atoms with Crippen LogP contribution in [0, 0.1) is 11.8 Å². The second kappa shape index (κ2) is 7.16. The Morgan fingerprint density at radius 1 is 1.41 bits per heavy atom. The number of piperidine rings is 3. The Morgan fingerprint density at radius 3 is 3.11 bits per heavy atom. The molecule has 3 saturated heterocycles. The SMILES string of the molecule is O=C(Nc1nccs1)[C@H]1CN2CC[C@@H]1C[C@@H]2Cn1cc(C2=CCCC2)nn1. The van der Waals surface area contributed by atoms with Crippen LogP contribution in [0.4, 0.5) is 5.13 Å². The Balaban J connectivity index is 1.22. The van der Waals surface area contributed by atoms with Gasteiger partial charge in [0, 0.05) is 24.2 Å². The summed E-state index contributed by atoms with van der Waals surface area (Å²) in [5.41, 5.74) is 2.37. The molecule has 4 aliphatic rings. The maximum absolute atomic E-state index is 12.7. The average molecular weight is 385 g/mol. The molecule has 8 heteroatoms. The van der Waals surface area contributed by atoms with E-state index in [2.05, 4.69) is 37.8 Å². The van der Waals surface area contributed by atoms with Crippen LogP contribution in [0.1, 0.15) is 37.8 Å². The molecule has 1 unspecified atom stereocenters. The van der Waals surface area contributed by atoms with E-state index in [0.717, 1.165) is 51.0 Å². The molecule has 4 atom stereocenters. The van der Waals surface area contributed by atoms with E-state index in [1.807, 2.05) is 10.1 Å². The quantitative estimate of drug-likeness (QED) is 0.858. The molecule has 1 aliphatic carbocycles. The molecule has 0 radical (unpaired) electrons. The predicted octanol–water partition coefficient (Wildman–Crippen LogP) is 2.65. The largest absolute Gasteiger partial charge is 0.302 e. The van der Waals surface area contributed by atoms with E-state index in [9.17, 15) is 4.79 Å². The molecule has 0 aromatic carbocycles. The molecule has 3 aliphatic heterocycles. The highest BCUT2D eigenvalue weighted by Gasteiger charge is 2.43. The third-order valence-corrected chi connectivity index (χ3v) is 6.87. The summed E-state index contributed by atoms with van der Waals surface area (Å²) in [6, 6.07) is 0.444. The second-order valence-corrected chi connectivity index (χ2v) is 8.71. The molecule has 2 aromatic heterocycles. The topological polar surface area (TPSA) is 75.9 Å². The summed E-state index contributed by atoms with van der Waals surface area (Å²) in [5.74, 6) is 0.628. The number of carbonyl (C=O) groups is 1. The Hall–Kier alpha value is -2.06. The van der Waals surface area contributed by atoms with Crippen LogP contribution in [0.15, 0.2) is 23.8 Å². The highest BCUT2D eigenvalue weighted by atomic mass is 32.1. The van der Waals surface area contributed by atoms with Crippen molar-refractivity contribution >= 4 is 27.9 Å². The molecule has 1 amide bonds. The van der Waals surface area contributed by atoms with Crippen molar-refractivity contribution in [1.82, 2.24) is 24.9 Å². The van der Waals surface area contributed by atoms with Crippen molar-refractivity contribution in [2.45, 2.75) is 44.7 Å². The van der Waals surface area contributed by atoms with Gasteiger partial charge in [0.05, 0.1) is 18.7 Å². The minimum atomic E-state index is 0.0638. The van der Waals surface area contributed by atoms with Gasteiger partial charge in [0.2, 0.25) is 5.91 Å². The number of fused-ring (bicyclic) bond motifs is 3. The smallest absolute Gasteiger partial charge is 0.230 e. The third-order valence-electron chi connectivity index (χ3n) is 6.18. The zero-order chi connectivity index (χ0) is 18.2. The number of rotatable bonds is 5. The summed E-state index contributed by atoms with van der Waals surface area (Å²) >= 11 is 1.47. The van der Waals surface area contributed by atoms with Gasteiger partial charge >= 0.3 is 0 Å². The Morgan fingerprint density at radius 2 is 2.37 bits per heavy atom. The number of nitrogens with zero attached hydrogens (tertiary/aromatic N) is 5. The van der Waals surface area contributed by atoms with Gasteiger partial charge in [-0.3, -0.25) is 14.4 Å². The van der Waals surface area contributed by atoms with Crippen LogP contribution in [-0.2, 0) is 11.3 Å². The lowest BCUT2D eigenvalue weighted by Gasteiger charge is -2.49. The zero-order valence-corrected chi connectivity index (χ0v) is 16.1. The third kappa shape index (κ3) is 3.43. The molecule has 5 heterocycles. The van der Waals surface area contributed by atoms with Gasteiger partial charge in [-0.1, -0.05) is 11.3 Å². The van der Waals surface area contributed by atoms with Gasteiger partial charge in [-0.2, -0.15) is 0 Å². The highest BCUT2D eigenvalue weighted by molar-refractivity contribution is 7.13. The molecule has 142 valence electrons. The molecule has 2 bridgehead atoms. The van der Waals surface area contributed by atoms with Crippen LogP contribution in [0.2, 0.25) is 0 Å². The van der Waals surface area contributed by atoms with Gasteiger partial charge in [-0.15, -0.1) is 16.4 Å². The second-order valence-electron chi connectivity index (χ2n) is 7.81. The first-order chi connectivity index (χ1) is 13.3. The number of nitrogens with one attached hydrogen (secondary N) is 1. The van der Waals surface area contributed by atoms with Crippen molar-refractivity contribution < 1.29 is 4.79 Å². The average Bonchev–Trinajstić information content (AvgIpc) is 3.45. The first-order valence-electron chi connectivity index (χ1n) is 9.80. The number of amides is 1. The summed E-state index contributed by atoms with van der Waals surface area (Å²) in [7, 11) is 0. The van der Waals surface area contributed by atoms with E-state index in [0.29, 0.717) is 17.1 Å². The van der Waals surface area contributed by atoms with E-state index < -0.39 is 0 Å². The molecule has 0 saturated carbocycles. The van der Waals surface area contributed by atoms with Crippen molar-refractivity contribution in [3.8, 4) is 0 Å². The maximum atomic E-state index is 12.7. The van der Waals surface area contributed by atoms with Gasteiger partial charge in [-0.25, -0.2) is 4.98 Å². The lowest BCUT2D eigenvalue weighted by molar-refractivity contribution is -0.127. The summed E-state index contributed by atoms with van der Waals surface area (Å²) in [6.07, 6.45) is 11.7. The lowest BCUT2D eigenvalue weighted by Crippen LogP contribution is -2.57. The summed E-state index contributed by atoms with van der Waals surface area (Å²) in [6.45, 7) is 2.76. The molecule has 1 N–H and O–H groups in total. The molecular weight excluding hydrogens is 360 g/mol. The van der Waals surface area contributed by atoms with Crippen LogP contribution < -0.4 is 5.32 Å². The fourth-order valence-electron chi connectivity index (χ4n) is 4.76. The molecule has 3 fully saturated rings. The number of thiazole rings is 1. The first kappa shape index (κ1) is 17.1. The normalized spacial score (nSPS) is 29.7. The Labute approximate surface area is 162 Å². The van der Waals surface area contributed by atoms with Crippen LogP contribution in [0.5, 0.6) is 0 Å². The molecule has 2 aromatic rings. The summed E-state index contributed by atoms with van der Waals surface area (Å²) in [5, 5.41) is 14.3. The molecular formula is C19H24N6OS. The maximum Gasteiger partial charge on any atom is 0.230 e.